The average molecular weight is 716 g/mol. The number of pyridine rings is 1. The predicted molar refractivity (Wildman–Crippen MR) is 190 cm³/mol. The number of anilines is 1. The van der Waals surface area contributed by atoms with Crippen LogP contribution in [0, 0.1) is 5.82 Å². The predicted octanol–water partition coefficient (Wildman–Crippen LogP) is 6.29. The topological polar surface area (TPSA) is 126 Å². The number of nitrogens with zero attached hydrogens (tertiary/aromatic N) is 4. The third-order valence-electron chi connectivity index (χ3n) is 8.85. The van der Waals surface area contributed by atoms with Crippen LogP contribution in [0.5, 0.6) is 28.7 Å². The van der Waals surface area contributed by atoms with E-state index in [9.17, 15) is 18.8 Å². The van der Waals surface area contributed by atoms with Gasteiger partial charge in [0.25, 0.3) is 11.5 Å². The minimum atomic E-state index is -0.873. The summed E-state index contributed by atoms with van der Waals surface area (Å²) >= 11 is 6.60. The van der Waals surface area contributed by atoms with Gasteiger partial charge in [0.05, 0.1) is 27.3 Å². The minimum Gasteiger partial charge on any atom is -0.485 e. The Bertz CT molecular complexity index is 2230. The van der Waals surface area contributed by atoms with Crippen LogP contribution in [0.3, 0.4) is 0 Å². The molecule has 0 bridgehead atoms. The Balaban J connectivity index is 1.15. The van der Waals surface area contributed by atoms with Gasteiger partial charge in [0, 0.05) is 44.7 Å². The molecule has 2 aliphatic heterocycles. The van der Waals surface area contributed by atoms with Gasteiger partial charge in [-0.3, -0.25) is 19.5 Å². The number of ether oxygens (including phenoxy) is 4. The van der Waals surface area contributed by atoms with E-state index in [0.29, 0.717) is 52.9 Å². The average Bonchev–Trinajstić information content (AvgIpc) is 3.14. The number of hydrogen-bond acceptors (Lipinski definition) is 9. The van der Waals surface area contributed by atoms with Crippen LogP contribution in [0.15, 0.2) is 76.6 Å². The van der Waals surface area contributed by atoms with E-state index in [1.54, 1.807) is 18.3 Å². The molecule has 2 aromatic heterocycles. The second kappa shape index (κ2) is 14.4. The third kappa shape index (κ3) is 6.86. The van der Waals surface area contributed by atoms with Crippen LogP contribution in [0.1, 0.15) is 43.0 Å². The molecule has 12 nitrogen and oxygen atoms in total. The quantitative estimate of drug-likeness (QED) is 0.187. The van der Waals surface area contributed by atoms with Crippen LogP contribution in [-0.2, 0) is 7.05 Å². The first kappa shape index (κ1) is 34.1. The molecule has 0 radical (unpaired) electrons. The Labute approximate surface area is 296 Å². The highest BCUT2D eigenvalue weighted by atomic mass is 35.5. The summed E-state index contributed by atoms with van der Waals surface area (Å²) in [5, 5.41) is 3.37. The van der Waals surface area contributed by atoms with Gasteiger partial charge in [0.15, 0.2) is 17.7 Å². The summed E-state index contributed by atoms with van der Waals surface area (Å²) in [4.78, 5) is 46.3. The van der Waals surface area contributed by atoms with Crippen LogP contribution >= 0.6 is 11.6 Å². The highest BCUT2D eigenvalue weighted by molar-refractivity contribution is 6.34. The molecule has 4 heterocycles. The van der Waals surface area contributed by atoms with Crippen LogP contribution in [0.2, 0.25) is 5.02 Å². The van der Waals surface area contributed by atoms with Gasteiger partial charge in [0.2, 0.25) is 5.75 Å². The van der Waals surface area contributed by atoms with Crippen molar-refractivity contribution in [1.82, 2.24) is 19.0 Å². The fraction of sp³-hybridized carbons (Fsp3) is 0.297. The third-order valence-corrected chi connectivity index (χ3v) is 9.16. The molecule has 51 heavy (non-hydrogen) atoms. The van der Waals surface area contributed by atoms with Crippen molar-refractivity contribution in [3.63, 3.8) is 0 Å². The highest BCUT2D eigenvalue weighted by Crippen LogP contribution is 2.49. The summed E-state index contributed by atoms with van der Waals surface area (Å²) in [5.74, 6) is 0.994. The number of fused-ring (bicyclic) bond motifs is 3. The second-order valence-corrected chi connectivity index (χ2v) is 12.7. The molecular weight excluding hydrogens is 681 g/mol. The number of halogens is 2. The van der Waals surface area contributed by atoms with Gasteiger partial charge in [-0.2, -0.15) is 0 Å². The lowest BCUT2D eigenvalue weighted by Crippen LogP contribution is -2.42. The first-order valence-electron chi connectivity index (χ1n) is 16.7. The Morgan fingerprint density at radius 1 is 1.00 bits per heavy atom. The number of aryl methyl sites for hydroxylation is 1. The van der Waals surface area contributed by atoms with Crippen LogP contribution < -0.4 is 35.5 Å². The van der Waals surface area contributed by atoms with Crippen molar-refractivity contribution in [2.75, 3.05) is 31.6 Å². The molecule has 264 valence electrons. The zero-order chi connectivity index (χ0) is 35.6. The summed E-state index contributed by atoms with van der Waals surface area (Å²) in [5.41, 5.74) is -0.982. The Kier molecular flexibility index (Phi) is 9.65. The molecule has 2 aliphatic rings. The van der Waals surface area contributed by atoms with E-state index in [-0.39, 0.29) is 28.2 Å². The first-order chi connectivity index (χ1) is 24.7. The molecule has 7 rings (SSSR count). The van der Waals surface area contributed by atoms with Crippen molar-refractivity contribution < 1.29 is 28.1 Å². The van der Waals surface area contributed by atoms with Crippen molar-refractivity contribution in [3.8, 4) is 34.4 Å². The van der Waals surface area contributed by atoms with E-state index in [2.05, 4.69) is 22.1 Å². The van der Waals surface area contributed by atoms with E-state index in [1.807, 2.05) is 6.07 Å². The number of nitrogens with one attached hydrogen (secondary N) is 1. The number of carbonyl (C=O) groups excluding carboxylic acids is 1. The van der Waals surface area contributed by atoms with Crippen LogP contribution in [0.4, 0.5) is 10.1 Å². The molecule has 0 spiro atoms. The van der Waals surface area contributed by atoms with Gasteiger partial charge in [-0.05, 0) is 61.7 Å². The number of carbonyl (C=O) groups is 1. The molecule has 3 aromatic carbocycles. The number of piperidine rings is 1. The summed E-state index contributed by atoms with van der Waals surface area (Å²) in [7, 11) is 1.40. The molecule has 14 heteroatoms. The van der Waals surface area contributed by atoms with E-state index in [1.165, 1.54) is 37.7 Å². The van der Waals surface area contributed by atoms with Gasteiger partial charge in [-0.1, -0.05) is 24.9 Å². The van der Waals surface area contributed by atoms with E-state index in [4.69, 9.17) is 30.5 Å². The van der Waals surface area contributed by atoms with Gasteiger partial charge >= 0.3 is 5.69 Å². The maximum atomic E-state index is 13.5. The van der Waals surface area contributed by atoms with E-state index >= 15 is 0 Å². The number of amides is 1. The standard InChI is InChI=1S/C37H35ClFN5O7/c1-3-31(43-15-5-4-6-16-43)51-30-20-28-32(34-33(30)48-17-18-49-34)29(13-14-40-28)50-24-11-12-27(26(38)19-24)41-35(45)25-21-42(2)37(47)44(36(25)46)23-9-7-22(39)8-10-23/h7-14,19-21,31H,3-6,15-18H2,1-2H3,(H,41,45). The smallest absolute Gasteiger partial charge is 0.335 e. The molecule has 5 aromatic rings. The molecular formula is C37H35ClFN5O7. The SMILES string of the molecule is CCC(Oc1cc2nccc(Oc3ccc(NC(=O)c4cn(C)c(=O)n(-c5ccc(F)cc5)c4=O)c(Cl)c3)c2c2c1OCCO2)N1CCCCC1. The zero-order valence-corrected chi connectivity index (χ0v) is 28.7. The van der Waals surface area contributed by atoms with Crippen molar-refractivity contribution in [1.29, 1.82) is 0 Å². The highest BCUT2D eigenvalue weighted by Gasteiger charge is 2.28. The van der Waals surface area contributed by atoms with Crippen molar-refractivity contribution >= 4 is 34.1 Å². The molecule has 0 aliphatic carbocycles. The normalized spacial score (nSPS) is 15.0. The summed E-state index contributed by atoms with van der Waals surface area (Å²) in [6.45, 7) is 4.78. The lowest BCUT2D eigenvalue weighted by atomic mass is 10.1. The number of aromatic nitrogens is 3. The Morgan fingerprint density at radius 3 is 2.47 bits per heavy atom. The van der Waals surface area contributed by atoms with Crippen molar-refractivity contribution in [3.05, 3.63) is 104 Å². The van der Waals surface area contributed by atoms with E-state index < -0.39 is 23.0 Å². The summed E-state index contributed by atoms with van der Waals surface area (Å²) in [6, 6.07) is 13.0. The fourth-order valence-corrected chi connectivity index (χ4v) is 6.55. The fourth-order valence-electron chi connectivity index (χ4n) is 6.34. The van der Waals surface area contributed by atoms with E-state index in [0.717, 1.165) is 59.8 Å². The Morgan fingerprint density at radius 2 is 1.75 bits per heavy atom. The molecule has 1 fully saturated rings. The maximum absolute atomic E-state index is 13.5. The number of likely N-dealkylation sites (tertiary alicyclic amines) is 1. The maximum Gasteiger partial charge on any atom is 0.335 e. The Hall–Kier alpha value is -5.40. The molecule has 0 saturated carbocycles. The van der Waals surface area contributed by atoms with Gasteiger partial charge in [-0.25, -0.2) is 13.8 Å². The molecule has 1 amide bonds. The number of benzene rings is 3. The zero-order valence-electron chi connectivity index (χ0n) is 28.0. The van der Waals surface area contributed by atoms with Gasteiger partial charge in [-0.15, -0.1) is 0 Å². The van der Waals surface area contributed by atoms with Crippen molar-refractivity contribution in [2.45, 2.75) is 38.8 Å². The molecule has 1 atom stereocenters. The largest absolute Gasteiger partial charge is 0.485 e. The summed E-state index contributed by atoms with van der Waals surface area (Å²) < 4.78 is 40.5. The molecule has 1 N–H and O–H groups in total. The number of rotatable bonds is 9. The molecule has 1 unspecified atom stereocenters. The van der Waals surface area contributed by atoms with Gasteiger partial charge < -0.3 is 28.8 Å². The second-order valence-electron chi connectivity index (χ2n) is 12.3. The van der Waals surface area contributed by atoms with Crippen LogP contribution in [-0.4, -0.2) is 57.5 Å². The monoisotopic (exact) mass is 715 g/mol. The lowest BCUT2D eigenvalue weighted by Gasteiger charge is -2.34. The minimum absolute atomic E-state index is 0.109. The first-order valence-corrected chi connectivity index (χ1v) is 17.1. The lowest BCUT2D eigenvalue weighted by molar-refractivity contribution is 0.00665. The summed E-state index contributed by atoms with van der Waals surface area (Å²) in [6.07, 6.45) is 6.97. The molecule has 1 saturated heterocycles. The van der Waals surface area contributed by atoms with Crippen LogP contribution in [0.25, 0.3) is 16.6 Å². The van der Waals surface area contributed by atoms with Crippen molar-refractivity contribution in [2.24, 2.45) is 7.05 Å². The number of hydrogen-bond donors (Lipinski definition) is 1. The van der Waals surface area contributed by atoms with Gasteiger partial charge in [0.1, 0.15) is 36.1 Å².